The molecule has 1 aromatic rings. The second-order valence-corrected chi connectivity index (χ2v) is 6.36. The Hall–Kier alpha value is -2.08. The van der Waals surface area contributed by atoms with E-state index in [1.807, 2.05) is 30.3 Å². The number of nitrogens with one attached hydrogen (secondary N) is 1. The fourth-order valence-electron chi connectivity index (χ4n) is 2.44. The lowest BCUT2D eigenvalue weighted by molar-refractivity contribution is -0.146. The van der Waals surface area contributed by atoms with E-state index < -0.39 is 6.09 Å². The number of amides is 1. The largest absolute Gasteiger partial charge is 0.463 e. The summed E-state index contributed by atoms with van der Waals surface area (Å²) < 4.78 is 15.1. The van der Waals surface area contributed by atoms with Crippen molar-refractivity contribution in [2.45, 2.75) is 33.3 Å². The third-order valence-electron chi connectivity index (χ3n) is 3.56. The SMILES string of the molecule is COCCOC(=O)C[C@@H](CNC(=O)OCc1ccccc1)CC(C)C. The van der Waals surface area contributed by atoms with Crippen molar-refractivity contribution in [3.05, 3.63) is 35.9 Å². The van der Waals surface area contributed by atoms with Gasteiger partial charge < -0.3 is 19.5 Å². The number of esters is 1. The van der Waals surface area contributed by atoms with Crippen LogP contribution in [0.5, 0.6) is 0 Å². The van der Waals surface area contributed by atoms with Crippen molar-refractivity contribution in [1.82, 2.24) is 5.32 Å². The highest BCUT2D eigenvalue weighted by molar-refractivity contribution is 5.70. The molecule has 1 rings (SSSR count). The molecule has 25 heavy (non-hydrogen) atoms. The summed E-state index contributed by atoms with van der Waals surface area (Å²) in [6.07, 6.45) is 0.601. The monoisotopic (exact) mass is 351 g/mol. The highest BCUT2D eigenvalue weighted by Gasteiger charge is 2.18. The van der Waals surface area contributed by atoms with Crippen molar-refractivity contribution >= 4 is 12.1 Å². The molecule has 0 spiro atoms. The van der Waals surface area contributed by atoms with E-state index in [9.17, 15) is 9.59 Å². The first-order valence-electron chi connectivity index (χ1n) is 8.60. The van der Waals surface area contributed by atoms with Gasteiger partial charge >= 0.3 is 12.1 Å². The summed E-state index contributed by atoms with van der Waals surface area (Å²) in [4.78, 5) is 23.7. The molecule has 0 heterocycles. The second-order valence-electron chi connectivity index (χ2n) is 6.36. The molecule has 0 aliphatic rings. The Morgan fingerprint density at radius 1 is 1.08 bits per heavy atom. The van der Waals surface area contributed by atoms with Crippen LogP contribution in [0.1, 0.15) is 32.3 Å². The smallest absolute Gasteiger partial charge is 0.407 e. The van der Waals surface area contributed by atoms with Crippen molar-refractivity contribution in [3.63, 3.8) is 0 Å². The lowest BCUT2D eigenvalue weighted by Gasteiger charge is -2.19. The average molecular weight is 351 g/mol. The highest BCUT2D eigenvalue weighted by Crippen LogP contribution is 2.15. The fraction of sp³-hybridized carbons (Fsp3) is 0.579. The standard InChI is InChI=1S/C19H29NO5/c1-15(2)11-17(12-18(21)24-10-9-23-3)13-20-19(22)25-14-16-7-5-4-6-8-16/h4-8,15,17H,9-14H2,1-3H3,(H,20,22)/t17-/m0/s1. The first-order chi connectivity index (χ1) is 12.0. The van der Waals surface area contributed by atoms with Crippen LogP contribution in [-0.4, -0.2) is 38.9 Å². The van der Waals surface area contributed by atoms with Gasteiger partial charge in [0.25, 0.3) is 0 Å². The fourth-order valence-corrected chi connectivity index (χ4v) is 2.44. The van der Waals surface area contributed by atoms with Gasteiger partial charge in [0.1, 0.15) is 13.2 Å². The molecule has 1 aromatic carbocycles. The maximum atomic E-state index is 11.8. The van der Waals surface area contributed by atoms with Gasteiger partial charge in [-0.3, -0.25) is 4.79 Å². The molecule has 1 atom stereocenters. The topological polar surface area (TPSA) is 73.9 Å². The first kappa shape index (κ1) is 21.0. The van der Waals surface area contributed by atoms with Crippen molar-refractivity contribution in [2.24, 2.45) is 11.8 Å². The Balaban J connectivity index is 2.35. The summed E-state index contributed by atoms with van der Waals surface area (Å²) in [5.74, 6) is 0.153. The number of methoxy groups -OCH3 is 1. The normalized spacial score (nSPS) is 11.8. The first-order valence-corrected chi connectivity index (χ1v) is 8.60. The minimum absolute atomic E-state index is 0.0133. The molecule has 1 amide bonds. The van der Waals surface area contributed by atoms with Gasteiger partial charge in [0, 0.05) is 13.7 Å². The number of carbonyl (C=O) groups is 2. The summed E-state index contributed by atoms with van der Waals surface area (Å²) in [6.45, 7) is 5.39. The molecule has 1 N–H and O–H groups in total. The second kappa shape index (κ2) is 12.3. The van der Waals surface area contributed by atoms with E-state index in [0.717, 1.165) is 12.0 Å². The number of alkyl carbamates (subject to hydrolysis) is 1. The van der Waals surface area contributed by atoms with Crippen LogP contribution in [0, 0.1) is 11.8 Å². The molecule has 0 saturated heterocycles. The Morgan fingerprint density at radius 2 is 1.80 bits per heavy atom. The zero-order valence-electron chi connectivity index (χ0n) is 15.3. The molecule has 0 aromatic heterocycles. The van der Waals surface area contributed by atoms with E-state index in [4.69, 9.17) is 14.2 Å². The Labute approximate surface area is 149 Å². The van der Waals surface area contributed by atoms with Gasteiger partial charge in [0.15, 0.2) is 0 Å². The molecule has 0 aliphatic carbocycles. The van der Waals surface area contributed by atoms with Crippen LogP contribution in [0.2, 0.25) is 0 Å². The van der Waals surface area contributed by atoms with Gasteiger partial charge in [-0.2, -0.15) is 0 Å². The minimum Gasteiger partial charge on any atom is -0.463 e. The number of carbonyl (C=O) groups excluding carboxylic acids is 2. The van der Waals surface area contributed by atoms with Gasteiger partial charge in [-0.05, 0) is 23.8 Å². The number of hydrogen-bond donors (Lipinski definition) is 1. The number of rotatable bonds is 11. The van der Waals surface area contributed by atoms with Crippen LogP contribution in [0.25, 0.3) is 0 Å². The van der Waals surface area contributed by atoms with Crippen LogP contribution in [-0.2, 0) is 25.6 Å². The number of hydrogen-bond acceptors (Lipinski definition) is 5. The lowest BCUT2D eigenvalue weighted by atomic mass is 9.94. The average Bonchev–Trinajstić information content (AvgIpc) is 2.58. The Morgan fingerprint density at radius 3 is 2.44 bits per heavy atom. The summed E-state index contributed by atoms with van der Waals surface area (Å²) >= 11 is 0. The van der Waals surface area contributed by atoms with Crippen LogP contribution in [0.3, 0.4) is 0 Å². The Bertz CT molecular complexity index is 504. The van der Waals surface area contributed by atoms with Gasteiger partial charge in [0.2, 0.25) is 0 Å². The summed E-state index contributed by atoms with van der Waals surface area (Å²) in [5, 5.41) is 2.74. The molecule has 0 aliphatic heterocycles. The molecule has 0 fully saturated rings. The third-order valence-corrected chi connectivity index (χ3v) is 3.56. The van der Waals surface area contributed by atoms with Crippen LogP contribution in [0.4, 0.5) is 4.79 Å². The minimum atomic E-state index is -0.481. The zero-order valence-corrected chi connectivity index (χ0v) is 15.3. The van der Waals surface area contributed by atoms with Gasteiger partial charge in [-0.25, -0.2) is 4.79 Å². The third kappa shape index (κ3) is 10.4. The molecule has 0 unspecified atom stereocenters. The predicted molar refractivity (Wildman–Crippen MR) is 95.0 cm³/mol. The molecular formula is C19H29NO5. The molecule has 0 bridgehead atoms. The molecule has 0 radical (unpaired) electrons. The van der Waals surface area contributed by atoms with E-state index in [-0.39, 0.29) is 31.5 Å². The van der Waals surface area contributed by atoms with E-state index >= 15 is 0 Å². The summed E-state index contributed by atoms with van der Waals surface area (Å²) in [6, 6.07) is 9.48. The molecule has 6 heteroatoms. The number of benzene rings is 1. The van der Waals surface area contributed by atoms with Crippen LogP contribution >= 0.6 is 0 Å². The van der Waals surface area contributed by atoms with Crippen molar-refractivity contribution in [3.8, 4) is 0 Å². The van der Waals surface area contributed by atoms with Gasteiger partial charge in [-0.15, -0.1) is 0 Å². The maximum absolute atomic E-state index is 11.8. The van der Waals surface area contributed by atoms with Crippen LogP contribution < -0.4 is 5.32 Å². The zero-order chi connectivity index (χ0) is 18.5. The van der Waals surface area contributed by atoms with Gasteiger partial charge in [0.05, 0.1) is 13.0 Å². The predicted octanol–water partition coefficient (Wildman–Crippen LogP) is 3.15. The maximum Gasteiger partial charge on any atom is 0.407 e. The quantitative estimate of drug-likeness (QED) is 0.490. The van der Waals surface area contributed by atoms with Crippen molar-refractivity contribution < 1.29 is 23.8 Å². The van der Waals surface area contributed by atoms with E-state index in [2.05, 4.69) is 19.2 Å². The van der Waals surface area contributed by atoms with Gasteiger partial charge in [-0.1, -0.05) is 44.2 Å². The summed E-state index contributed by atoms with van der Waals surface area (Å²) in [7, 11) is 1.56. The highest BCUT2D eigenvalue weighted by atomic mass is 16.6. The molecule has 0 saturated carbocycles. The Kier molecular flexibility index (Phi) is 10.3. The number of ether oxygens (including phenoxy) is 3. The van der Waals surface area contributed by atoms with Crippen molar-refractivity contribution in [2.75, 3.05) is 26.9 Å². The molecule has 140 valence electrons. The lowest BCUT2D eigenvalue weighted by Crippen LogP contribution is -2.31. The summed E-state index contributed by atoms with van der Waals surface area (Å²) in [5.41, 5.74) is 0.929. The van der Waals surface area contributed by atoms with Crippen molar-refractivity contribution in [1.29, 1.82) is 0 Å². The van der Waals surface area contributed by atoms with E-state index in [1.54, 1.807) is 7.11 Å². The molecule has 6 nitrogen and oxygen atoms in total. The van der Waals surface area contributed by atoms with Crippen LogP contribution in [0.15, 0.2) is 30.3 Å². The van der Waals surface area contributed by atoms with E-state index in [0.29, 0.717) is 19.1 Å². The van der Waals surface area contributed by atoms with E-state index in [1.165, 1.54) is 0 Å². The molecular weight excluding hydrogens is 322 g/mol.